The number of ketones is 1. The number of aromatic amines is 1. The van der Waals surface area contributed by atoms with Crippen molar-refractivity contribution in [3.63, 3.8) is 0 Å². The largest absolute Gasteiger partial charge is 0.460 e. The summed E-state index contributed by atoms with van der Waals surface area (Å²) in [5.74, 6) is -1.62. The second-order valence-corrected chi connectivity index (χ2v) is 23.0. The van der Waals surface area contributed by atoms with Gasteiger partial charge < -0.3 is 50.0 Å². The number of esters is 1. The highest BCUT2D eigenvalue weighted by Gasteiger charge is 2.36. The number of hydrogen-bond donors (Lipinski definition) is 4. The van der Waals surface area contributed by atoms with Gasteiger partial charge in [-0.3, -0.25) is 29.1 Å². The summed E-state index contributed by atoms with van der Waals surface area (Å²) in [4.78, 5) is 106. The Labute approximate surface area is 494 Å². The summed E-state index contributed by atoms with van der Waals surface area (Å²) in [5.41, 5.74) is 10.5. The highest BCUT2D eigenvalue weighted by atomic mass is 35.5. The molecule has 8 aromatic rings. The first kappa shape index (κ1) is 61.4. The number of Topliss-reactive ketones (excluding diaryl/α,β-unsaturated/α-hetero) is 1. The molecule has 0 bridgehead atoms. The number of nitrogens with two attached hydrogens (primary N) is 1. The summed E-state index contributed by atoms with van der Waals surface area (Å²) in [7, 11) is 6.36. The number of amides is 3. The standard InChI is InChI=1S/C23H20N6O2S.C15H19N5O.C15H17NO5S.C5H12N2.ClH/c1-28-7-9-29(10-8-28)23-25-15-5-3-2-4-13(15)19(26-23)18-17(21(30)27-22(18)31)14-12-24-16-6-11-32-20(14)16;1-19-6-8-20(9-7-19)15-17-12-5-3-2-4-11(12)13(18-15)10-14(16)21;1-5-20-13(18)11(17)9-8-16(10-6-7-22-12(9)10)14(19)21-15(2,3)4;1-7-4-2-6-3-5-7;/h2-6,11-12,24H,7-10H2,1H3,(H,27,30,31);2-5H,6-10H2,1H3,(H2,16,21);6-8H,5H2,1-4H3;6H,2-5H2,1H3;1H. The number of imide groups is 1. The molecular formula is C58H69ClN14O8S2. The number of benzene rings is 2. The van der Waals surface area contributed by atoms with Gasteiger partial charge in [-0.2, -0.15) is 0 Å². The zero-order valence-electron chi connectivity index (χ0n) is 47.5. The summed E-state index contributed by atoms with van der Waals surface area (Å²) in [5, 5.41) is 11.1. The number of primary amides is 1. The topological polar surface area (TPSA) is 259 Å². The number of carbonyl (C=O) groups is 6. The molecule has 438 valence electrons. The van der Waals surface area contributed by atoms with E-state index in [1.807, 2.05) is 60.0 Å². The minimum Gasteiger partial charge on any atom is -0.460 e. The molecule has 3 fully saturated rings. The number of para-hydroxylation sites is 2. The molecule has 0 unspecified atom stereocenters. The predicted molar refractivity (Wildman–Crippen MR) is 328 cm³/mol. The minimum atomic E-state index is -0.931. The zero-order valence-corrected chi connectivity index (χ0v) is 50.0. The van der Waals surface area contributed by atoms with Crippen LogP contribution in [0.1, 0.15) is 55.0 Å². The Bertz CT molecular complexity index is 3700. The lowest BCUT2D eigenvalue weighted by Gasteiger charge is -2.32. The van der Waals surface area contributed by atoms with Gasteiger partial charge in [-0.05, 0) is 83.9 Å². The van der Waals surface area contributed by atoms with Crippen molar-refractivity contribution in [2.24, 2.45) is 5.73 Å². The number of piperazine rings is 3. The Morgan fingerprint density at radius 2 is 1.24 bits per heavy atom. The van der Waals surface area contributed by atoms with Gasteiger partial charge in [0.25, 0.3) is 17.6 Å². The van der Waals surface area contributed by atoms with E-state index in [0.29, 0.717) is 44.6 Å². The predicted octanol–water partition coefficient (Wildman–Crippen LogP) is 6.08. The van der Waals surface area contributed by atoms with Crippen molar-refractivity contribution in [3.8, 4) is 0 Å². The monoisotopic (exact) mass is 1190 g/mol. The molecule has 0 radical (unpaired) electrons. The van der Waals surface area contributed by atoms with E-state index < -0.39 is 35.3 Å². The maximum absolute atomic E-state index is 13.1. The maximum atomic E-state index is 13.1. The normalized spacial score (nSPS) is 16.1. The number of halogens is 1. The molecule has 0 aliphatic carbocycles. The quantitative estimate of drug-likeness (QED) is 0.0553. The molecule has 6 aromatic heterocycles. The van der Waals surface area contributed by atoms with Crippen LogP contribution < -0.4 is 26.2 Å². The Kier molecular flexibility index (Phi) is 20.1. The molecule has 83 heavy (non-hydrogen) atoms. The van der Waals surface area contributed by atoms with Crippen LogP contribution in [0.25, 0.3) is 53.4 Å². The van der Waals surface area contributed by atoms with Crippen LogP contribution in [0, 0.1) is 0 Å². The lowest BCUT2D eigenvalue weighted by atomic mass is 9.99. The van der Waals surface area contributed by atoms with Gasteiger partial charge in [0, 0.05) is 107 Å². The number of nitrogens with zero attached hydrogens (tertiary/aromatic N) is 10. The second-order valence-electron chi connectivity index (χ2n) is 21.1. The number of aromatic nitrogens is 6. The average molecular weight is 1190 g/mol. The van der Waals surface area contributed by atoms with E-state index in [1.54, 1.807) is 45.3 Å². The van der Waals surface area contributed by atoms with E-state index in [-0.39, 0.29) is 36.9 Å². The van der Waals surface area contributed by atoms with Gasteiger partial charge in [0.15, 0.2) is 0 Å². The Morgan fingerprint density at radius 1 is 0.687 bits per heavy atom. The molecule has 3 saturated heterocycles. The average Bonchev–Trinajstić information content (AvgIpc) is 4.53. The first-order valence-corrected chi connectivity index (χ1v) is 28.9. The number of hydrogen-bond acceptors (Lipinski definition) is 20. The van der Waals surface area contributed by atoms with Crippen molar-refractivity contribution in [2.45, 2.75) is 39.7 Å². The highest BCUT2D eigenvalue weighted by Crippen LogP contribution is 2.39. The molecule has 0 spiro atoms. The Hall–Kier alpha value is -7.71. The molecular weight excluding hydrogens is 1120 g/mol. The number of anilines is 2. The summed E-state index contributed by atoms with van der Waals surface area (Å²) in [6.07, 6.45) is 2.66. The molecule has 4 aliphatic heterocycles. The summed E-state index contributed by atoms with van der Waals surface area (Å²) in [6.45, 7) is 18.9. The van der Waals surface area contributed by atoms with Crippen LogP contribution in [0.4, 0.5) is 16.7 Å². The van der Waals surface area contributed by atoms with Gasteiger partial charge in [0.2, 0.25) is 17.8 Å². The summed E-state index contributed by atoms with van der Waals surface area (Å²) in [6, 6.07) is 19.0. The smallest absolute Gasteiger partial charge is 0.419 e. The van der Waals surface area contributed by atoms with Crippen LogP contribution in [-0.2, 0) is 35.1 Å². The fourth-order valence-corrected chi connectivity index (χ4v) is 11.4. The number of nitrogens with one attached hydrogen (secondary N) is 3. The SMILES string of the molecule is CCOC(=O)C(=O)c1cn(C(=O)OC(C)(C)C)c2ccsc12.CN1CCN(c2nc(C3=C(c4c[nH]c5ccsc45)C(=O)NC3=O)c3ccccc3n2)CC1.CN1CCN(c2nc(CC(N)=O)c3ccccc3n2)CC1.CN1CCNCC1.Cl. The van der Waals surface area contributed by atoms with Crippen molar-refractivity contribution in [3.05, 3.63) is 106 Å². The first-order valence-electron chi connectivity index (χ1n) is 27.1. The number of likely N-dealkylation sites (N-methyl/N-ethyl adjacent to an activating group) is 3. The van der Waals surface area contributed by atoms with Crippen LogP contribution >= 0.6 is 35.1 Å². The zero-order chi connectivity index (χ0) is 58.2. The molecule has 25 heteroatoms. The number of fused-ring (bicyclic) bond motifs is 4. The van der Waals surface area contributed by atoms with Crippen LogP contribution in [0.3, 0.4) is 0 Å². The minimum absolute atomic E-state index is 0. The number of thiophene rings is 2. The number of H-pyrrole nitrogens is 1. The highest BCUT2D eigenvalue weighted by molar-refractivity contribution is 7.18. The third kappa shape index (κ3) is 14.6. The van der Waals surface area contributed by atoms with Crippen LogP contribution in [0.5, 0.6) is 0 Å². The molecule has 22 nitrogen and oxygen atoms in total. The molecule has 2 aromatic carbocycles. The molecule has 3 amide bonds. The van der Waals surface area contributed by atoms with Crippen LogP contribution in [-0.4, -0.2) is 192 Å². The van der Waals surface area contributed by atoms with Crippen molar-refractivity contribution in [1.29, 1.82) is 0 Å². The summed E-state index contributed by atoms with van der Waals surface area (Å²) >= 11 is 2.81. The van der Waals surface area contributed by atoms with Crippen molar-refractivity contribution in [1.82, 2.24) is 54.8 Å². The maximum Gasteiger partial charge on any atom is 0.419 e. The number of carbonyl (C=O) groups excluding carboxylic acids is 6. The van der Waals surface area contributed by atoms with E-state index in [9.17, 15) is 28.8 Å². The van der Waals surface area contributed by atoms with E-state index in [4.69, 9.17) is 25.2 Å². The van der Waals surface area contributed by atoms with Gasteiger partial charge in [-0.15, -0.1) is 35.1 Å². The van der Waals surface area contributed by atoms with Gasteiger partial charge in [-0.25, -0.2) is 29.5 Å². The second kappa shape index (κ2) is 27.1. The van der Waals surface area contributed by atoms with Crippen LogP contribution in [0.2, 0.25) is 0 Å². The fourth-order valence-electron chi connectivity index (χ4n) is 9.61. The molecule has 0 saturated carbocycles. The summed E-state index contributed by atoms with van der Waals surface area (Å²) < 4.78 is 12.8. The van der Waals surface area contributed by atoms with E-state index >= 15 is 0 Å². The molecule has 5 N–H and O–H groups in total. The lowest BCUT2D eigenvalue weighted by molar-refractivity contribution is -0.137. The van der Waals surface area contributed by atoms with E-state index in [0.717, 1.165) is 103 Å². The Balaban J connectivity index is 0.000000157. The third-order valence-electron chi connectivity index (χ3n) is 13.9. The van der Waals surface area contributed by atoms with E-state index in [1.165, 1.54) is 46.5 Å². The van der Waals surface area contributed by atoms with E-state index in [2.05, 4.69) is 71.2 Å². The third-order valence-corrected chi connectivity index (χ3v) is 15.8. The fraction of sp³-hybridized carbons (Fsp3) is 0.379. The Morgan fingerprint density at radius 3 is 1.83 bits per heavy atom. The molecule has 0 atom stereocenters. The van der Waals surface area contributed by atoms with Gasteiger partial charge in [0.1, 0.15) is 5.60 Å². The lowest BCUT2D eigenvalue weighted by Crippen LogP contribution is -2.45. The van der Waals surface area contributed by atoms with Crippen molar-refractivity contribution >= 4 is 136 Å². The molecule has 4 aliphatic rings. The van der Waals surface area contributed by atoms with Gasteiger partial charge in [-0.1, -0.05) is 36.4 Å². The van der Waals surface area contributed by atoms with Crippen LogP contribution in [0.15, 0.2) is 83.8 Å². The first-order chi connectivity index (χ1) is 39.4. The number of ether oxygens (including phenoxy) is 2. The molecule has 12 rings (SSSR count). The molecule has 10 heterocycles. The van der Waals surface area contributed by atoms with Gasteiger partial charge in [0.05, 0.1) is 72.6 Å². The van der Waals surface area contributed by atoms with Gasteiger partial charge >= 0.3 is 12.1 Å². The van der Waals surface area contributed by atoms with Crippen molar-refractivity contribution in [2.75, 3.05) is 116 Å². The number of rotatable bonds is 9. The van der Waals surface area contributed by atoms with Crippen molar-refractivity contribution < 1.29 is 38.2 Å².